The molecule has 0 N–H and O–H groups in total. The topological polar surface area (TPSA) is 34.6 Å². The highest BCUT2D eigenvalue weighted by Crippen LogP contribution is 2.41. The Morgan fingerprint density at radius 2 is 2.29 bits per heavy atom. The highest BCUT2D eigenvalue weighted by molar-refractivity contribution is 5.10. The molecule has 4 nitrogen and oxygen atoms in total. The van der Waals surface area contributed by atoms with Crippen LogP contribution in [0, 0.1) is 5.92 Å². The zero-order valence-electron chi connectivity index (χ0n) is 13.0. The van der Waals surface area contributed by atoms with E-state index in [1.807, 2.05) is 12.4 Å². The predicted molar refractivity (Wildman–Crippen MR) is 82.0 cm³/mol. The smallest absolute Gasteiger partial charge is 0.0859 e. The largest absolute Gasteiger partial charge is 0.381 e. The highest BCUT2D eigenvalue weighted by atomic mass is 16.5. The lowest BCUT2D eigenvalue weighted by molar-refractivity contribution is -0.142. The molecule has 1 saturated heterocycles. The average Bonchev–Trinajstić information content (AvgIpc) is 2.88. The molecule has 116 valence electrons. The molecule has 0 unspecified atom stereocenters. The molecule has 0 aromatic carbocycles. The van der Waals surface area contributed by atoms with Gasteiger partial charge in [-0.1, -0.05) is 6.42 Å². The molecule has 1 spiro atoms. The lowest BCUT2D eigenvalue weighted by Gasteiger charge is -2.44. The van der Waals surface area contributed by atoms with Gasteiger partial charge in [0.05, 0.1) is 18.8 Å². The van der Waals surface area contributed by atoms with Crippen LogP contribution in [-0.4, -0.2) is 48.4 Å². The van der Waals surface area contributed by atoms with Crippen LogP contribution in [0.1, 0.15) is 31.7 Å². The van der Waals surface area contributed by atoms with E-state index in [1.165, 1.54) is 24.8 Å². The first kappa shape index (κ1) is 14.9. The maximum Gasteiger partial charge on any atom is 0.0859 e. The summed E-state index contributed by atoms with van der Waals surface area (Å²) in [6, 6.07) is 4.21. The summed E-state index contributed by atoms with van der Waals surface area (Å²) in [6.45, 7) is 7.60. The Hall–Kier alpha value is -0.970. The van der Waals surface area contributed by atoms with Crippen LogP contribution >= 0.6 is 0 Å². The molecule has 0 amide bonds. The van der Waals surface area contributed by atoms with Gasteiger partial charge in [-0.25, -0.2) is 0 Å². The van der Waals surface area contributed by atoms with Gasteiger partial charge in [0.25, 0.3) is 0 Å². The second-order valence-electron chi connectivity index (χ2n) is 6.23. The fraction of sp³-hybridized carbons (Fsp3) is 0.706. The van der Waals surface area contributed by atoms with Crippen molar-refractivity contribution in [3.63, 3.8) is 0 Å². The van der Waals surface area contributed by atoms with Crippen molar-refractivity contribution in [1.29, 1.82) is 0 Å². The van der Waals surface area contributed by atoms with E-state index in [1.54, 1.807) is 0 Å². The van der Waals surface area contributed by atoms with Gasteiger partial charge < -0.3 is 9.47 Å². The third-order valence-corrected chi connectivity index (χ3v) is 4.86. The van der Waals surface area contributed by atoms with Gasteiger partial charge >= 0.3 is 0 Å². The highest BCUT2D eigenvalue weighted by Gasteiger charge is 2.46. The summed E-state index contributed by atoms with van der Waals surface area (Å²) in [6.07, 6.45) is 7.43. The third-order valence-electron chi connectivity index (χ3n) is 4.86. The molecule has 1 aliphatic carbocycles. The van der Waals surface area contributed by atoms with Crippen LogP contribution in [0.15, 0.2) is 24.5 Å². The molecule has 21 heavy (non-hydrogen) atoms. The quantitative estimate of drug-likeness (QED) is 0.834. The van der Waals surface area contributed by atoms with Crippen LogP contribution < -0.4 is 0 Å². The molecule has 2 heterocycles. The van der Waals surface area contributed by atoms with Gasteiger partial charge in [0.15, 0.2) is 0 Å². The maximum absolute atomic E-state index is 6.27. The van der Waals surface area contributed by atoms with Crippen molar-refractivity contribution in [3.05, 3.63) is 30.1 Å². The lowest BCUT2D eigenvalue weighted by atomic mass is 9.89. The van der Waals surface area contributed by atoms with E-state index in [9.17, 15) is 0 Å². The van der Waals surface area contributed by atoms with Crippen molar-refractivity contribution in [2.24, 2.45) is 5.92 Å². The fourth-order valence-corrected chi connectivity index (χ4v) is 3.77. The molecule has 4 heteroatoms. The van der Waals surface area contributed by atoms with Gasteiger partial charge in [-0.2, -0.15) is 0 Å². The third kappa shape index (κ3) is 3.44. The monoisotopic (exact) mass is 290 g/mol. The van der Waals surface area contributed by atoms with Crippen LogP contribution in [0.3, 0.4) is 0 Å². The number of morpholine rings is 1. The number of nitrogens with zero attached hydrogens (tertiary/aromatic N) is 2. The van der Waals surface area contributed by atoms with Crippen molar-refractivity contribution < 1.29 is 9.47 Å². The van der Waals surface area contributed by atoms with Crippen molar-refractivity contribution in [2.75, 3.05) is 32.9 Å². The summed E-state index contributed by atoms with van der Waals surface area (Å²) in [5.41, 5.74) is 1.36. The van der Waals surface area contributed by atoms with Crippen LogP contribution in [0.25, 0.3) is 0 Å². The number of ether oxygens (including phenoxy) is 2. The molecule has 1 aliphatic heterocycles. The molecule has 3 rings (SSSR count). The summed E-state index contributed by atoms with van der Waals surface area (Å²) in [5, 5.41) is 0. The fourth-order valence-electron chi connectivity index (χ4n) is 3.77. The Labute approximate surface area is 127 Å². The van der Waals surface area contributed by atoms with Crippen molar-refractivity contribution >= 4 is 0 Å². The summed E-state index contributed by atoms with van der Waals surface area (Å²) in [7, 11) is 0. The van der Waals surface area contributed by atoms with E-state index in [2.05, 4.69) is 28.9 Å². The molecule has 0 radical (unpaired) electrons. The molecule has 0 bridgehead atoms. The minimum atomic E-state index is 0.0282. The maximum atomic E-state index is 6.27. The Balaban J connectivity index is 1.64. The van der Waals surface area contributed by atoms with Gasteiger partial charge in [-0.15, -0.1) is 0 Å². The second-order valence-corrected chi connectivity index (χ2v) is 6.23. The van der Waals surface area contributed by atoms with Crippen molar-refractivity contribution in [3.8, 4) is 0 Å². The standard InChI is InChI=1S/C17H26N2O2/c1-2-20-13-16-4-3-7-17(16)14-19(10-11-21-17)12-15-5-8-18-9-6-15/h5-6,8-9,16H,2-4,7,10-14H2,1H3/t16-,17+/m0/s1. The van der Waals surface area contributed by atoms with Gasteiger partial charge in [-0.3, -0.25) is 9.88 Å². The summed E-state index contributed by atoms with van der Waals surface area (Å²) >= 11 is 0. The van der Waals surface area contributed by atoms with E-state index in [-0.39, 0.29) is 5.60 Å². The lowest BCUT2D eigenvalue weighted by Crippen LogP contribution is -2.54. The molecule has 2 aliphatic rings. The van der Waals surface area contributed by atoms with E-state index in [4.69, 9.17) is 9.47 Å². The number of pyridine rings is 1. The first-order valence-corrected chi connectivity index (χ1v) is 8.15. The summed E-state index contributed by atoms with van der Waals surface area (Å²) in [5.74, 6) is 0.553. The zero-order valence-corrected chi connectivity index (χ0v) is 13.0. The van der Waals surface area contributed by atoms with Gasteiger partial charge in [0.2, 0.25) is 0 Å². The Kier molecular flexibility index (Phi) is 4.88. The number of aromatic nitrogens is 1. The zero-order chi connectivity index (χ0) is 14.5. The summed E-state index contributed by atoms with van der Waals surface area (Å²) in [4.78, 5) is 6.63. The minimum Gasteiger partial charge on any atom is -0.381 e. The first-order valence-electron chi connectivity index (χ1n) is 8.15. The SMILES string of the molecule is CCOC[C@@H]1CCC[C@@]12CN(Cc1ccncc1)CCO2. The van der Waals surface area contributed by atoms with Gasteiger partial charge in [0.1, 0.15) is 0 Å². The normalized spacial score (nSPS) is 30.0. The molecule has 1 aromatic rings. The van der Waals surface area contributed by atoms with Gasteiger partial charge in [-0.05, 0) is 37.5 Å². The molecule has 2 fully saturated rings. The van der Waals surface area contributed by atoms with Crippen LogP contribution in [0.4, 0.5) is 0 Å². The number of rotatable bonds is 5. The summed E-state index contributed by atoms with van der Waals surface area (Å²) < 4.78 is 12.0. The Bertz CT molecular complexity index is 440. The van der Waals surface area contributed by atoms with Gasteiger partial charge in [0, 0.05) is 44.6 Å². The van der Waals surface area contributed by atoms with Crippen molar-refractivity contribution in [2.45, 2.75) is 38.3 Å². The van der Waals surface area contributed by atoms with Crippen molar-refractivity contribution in [1.82, 2.24) is 9.88 Å². The Morgan fingerprint density at radius 3 is 3.10 bits per heavy atom. The first-order chi connectivity index (χ1) is 10.3. The molecule has 1 saturated carbocycles. The second kappa shape index (κ2) is 6.86. The average molecular weight is 290 g/mol. The Morgan fingerprint density at radius 1 is 1.43 bits per heavy atom. The van der Waals surface area contributed by atoms with E-state index >= 15 is 0 Å². The molecule has 1 aromatic heterocycles. The van der Waals surface area contributed by atoms with E-state index in [0.717, 1.165) is 39.5 Å². The van der Waals surface area contributed by atoms with Crippen LogP contribution in [0.2, 0.25) is 0 Å². The van der Waals surface area contributed by atoms with E-state index in [0.29, 0.717) is 5.92 Å². The van der Waals surface area contributed by atoms with Crippen LogP contribution in [0.5, 0.6) is 0 Å². The number of hydrogen-bond acceptors (Lipinski definition) is 4. The predicted octanol–water partition coefficient (Wildman–Crippen LogP) is 2.49. The number of hydrogen-bond donors (Lipinski definition) is 0. The molecular formula is C17H26N2O2. The van der Waals surface area contributed by atoms with E-state index < -0.39 is 0 Å². The molecular weight excluding hydrogens is 264 g/mol. The minimum absolute atomic E-state index is 0.0282. The van der Waals surface area contributed by atoms with Crippen LogP contribution in [-0.2, 0) is 16.0 Å². The molecule has 2 atom stereocenters.